The molecule has 1 aliphatic rings. The number of fused-ring (bicyclic) bond motifs is 1. The maximum Gasteiger partial charge on any atom is 0.325 e. The zero-order valence-electron chi connectivity index (χ0n) is 13.2. The van der Waals surface area contributed by atoms with Crippen molar-refractivity contribution in [1.82, 2.24) is 14.7 Å². The molecule has 1 aromatic carbocycles. The van der Waals surface area contributed by atoms with Crippen molar-refractivity contribution < 1.29 is 9.90 Å². The monoisotopic (exact) mass is 299 g/mol. The standard InChI is InChI=1S/C17H21N3O2/c1-11-15(12(2)19(3)18-11)16(17(21)22)20-9-8-13-6-4-5-7-14(13)10-20/h4-7,16H,8-10H2,1-3H3,(H,21,22)/t16-/m0/s1. The van der Waals surface area contributed by atoms with E-state index < -0.39 is 12.0 Å². The van der Waals surface area contributed by atoms with Gasteiger partial charge in [0.25, 0.3) is 0 Å². The third-order valence-electron chi connectivity index (χ3n) is 4.60. The lowest BCUT2D eigenvalue weighted by Gasteiger charge is -2.33. The van der Waals surface area contributed by atoms with E-state index in [1.54, 1.807) is 4.68 Å². The van der Waals surface area contributed by atoms with Crippen molar-refractivity contribution in [2.45, 2.75) is 32.9 Å². The van der Waals surface area contributed by atoms with E-state index in [-0.39, 0.29) is 0 Å². The third kappa shape index (κ3) is 2.41. The van der Waals surface area contributed by atoms with Gasteiger partial charge in [-0.25, -0.2) is 0 Å². The highest BCUT2D eigenvalue weighted by molar-refractivity contribution is 5.76. The molecule has 1 aromatic heterocycles. The number of carboxylic acid groups (broad SMARTS) is 1. The highest BCUT2D eigenvalue weighted by Crippen LogP contribution is 2.31. The minimum Gasteiger partial charge on any atom is -0.480 e. The Kier molecular flexibility index (Phi) is 3.74. The normalized spacial score (nSPS) is 16.3. The highest BCUT2D eigenvalue weighted by Gasteiger charge is 2.33. The van der Waals surface area contributed by atoms with E-state index >= 15 is 0 Å². The van der Waals surface area contributed by atoms with E-state index in [1.165, 1.54) is 11.1 Å². The number of nitrogens with zero attached hydrogens (tertiary/aromatic N) is 3. The summed E-state index contributed by atoms with van der Waals surface area (Å²) in [5.74, 6) is -0.807. The molecule has 2 aromatic rings. The van der Waals surface area contributed by atoms with Crippen LogP contribution in [0.15, 0.2) is 24.3 Å². The summed E-state index contributed by atoms with van der Waals surface area (Å²) >= 11 is 0. The average molecular weight is 299 g/mol. The third-order valence-corrected chi connectivity index (χ3v) is 4.60. The summed E-state index contributed by atoms with van der Waals surface area (Å²) in [4.78, 5) is 14.0. The van der Waals surface area contributed by atoms with Crippen molar-refractivity contribution in [3.8, 4) is 0 Å². The lowest BCUT2D eigenvalue weighted by Crippen LogP contribution is -2.38. The van der Waals surface area contributed by atoms with E-state index in [0.29, 0.717) is 6.54 Å². The molecule has 0 aliphatic carbocycles. The average Bonchev–Trinajstić information content (AvgIpc) is 2.74. The van der Waals surface area contributed by atoms with Crippen LogP contribution < -0.4 is 0 Å². The summed E-state index contributed by atoms with van der Waals surface area (Å²) in [5.41, 5.74) is 5.09. The second-order valence-corrected chi connectivity index (χ2v) is 5.94. The summed E-state index contributed by atoms with van der Waals surface area (Å²) in [6.07, 6.45) is 0.887. The largest absolute Gasteiger partial charge is 0.480 e. The number of carboxylic acids is 1. The van der Waals surface area contributed by atoms with E-state index in [2.05, 4.69) is 17.2 Å². The summed E-state index contributed by atoms with van der Waals surface area (Å²) < 4.78 is 1.76. The quantitative estimate of drug-likeness (QED) is 0.944. The van der Waals surface area contributed by atoms with E-state index in [0.717, 1.165) is 29.9 Å². The second-order valence-electron chi connectivity index (χ2n) is 5.94. The smallest absolute Gasteiger partial charge is 0.325 e. The van der Waals surface area contributed by atoms with Gasteiger partial charge in [0.1, 0.15) is 6.04 Å². The molecule has 0 spiro atoms. The zero-order chi connectivity index (χ0) is 15.9. The lowest BCUT2D eigenvalue weighted by molar-refractivity contribution is -0.144. The number of rotatable bonds is 3. The molecule has 3 rings (SSSR count). The van der Waals surface area contributed by atoms with E-state index in [1.807, 2.05) is 37.9 Å². The molecule has 0 amide bonds. The van der Waals surface area contributed by atoms with Crippen LogP contribution in [-0.4, -0.2) is 32.3 Å². The zero-order valence-corrected chi connectivity index (χ0v) is 13.2. The van der Waals surface area contributed by atoms with Gasteiger partial charge in [0.15, 0.2) is 0 Å². The van der Waals surface area contributed by atoms with Gasteiger partial charge in [-0.2, -0.15) is 5.10 Å². The van der Waals surface area contributed by atoms with Crippen molar-refractivity contribution in [3.63, 3.8) is 0 Å². The number of aromatic nitrogens is 2. The molecule has 0 unspecified atom stereocenters. The van der Waals surface area contributed by atoms with Gasteiger partial charge in [0, 0.05) is 31.4 Å². The number of aryl methyl sites for hydroxylation is 2. The topological polar surface area (TPSA) is 58.4 Å². The SMILES string of the molecule is Cc1nn(C)c(C)c1[C@@H](C(=O)O)N1CCc2ccccc2C1. The predicted molar refractivity (Wildman–Crippen MR) is 83.6 cm³/mol. The molecular weight excluding hydrogens is 278 g/mol. The van der Waals surface area contributed by atoms with Crippen LogP contribution in [-0.2, 0) is 24.8 Å². The van der Waals surface area contributed by atoms with Crippen LogP contribution in [0.3, 0.4) is 0 Å². The van der Waals surface area contributed by atoms with Gasteiger partial charge in [0.05, 0.1) is 5.69 Å². The molecule has 5 nitrogen and oxygen atoms in total. The maximum absolute atomic E-state index is 11.9. The molecule has 1 N–H and O–H groups in total. The number of aliphatic carboxylic acids is 1. The fourth-order valence-corrected chi connectivity index (χ4v) is 3.39. The van der Waals surface area contributed by atoms with Gasteiger partial charge in [-0.3, -0.25) is 14.4 Å². The van der Waals surface area contributed by atoms with E-state index in [4.69, 9.17) is 0 Å². The van der Waals surface area contributed by atoms with Crippen LogP contribution in [0.25, 0.3) is 0 Å². The number of hydrogen-bond donors (Lipinski definition) is 1. The highest BCUT2D eigenvalue weighted by atomic mass is 16.4. The fourth-order valence-electron chi connectivity index (χ4n) is 3.39. The van der Waals surface area contributed by atoms with Crippen molar-refractivity contribution in [2.24, 2.45) is 7.05 Å². The van der Waals surface area contributed by atoms with Gasteiger partial charge in [-0.15, -0.1) is 0 Å². The Morgan fingerprint density at radius 3 is 2.55 bits per heavy atom. The summed E-state index contributed by atoms with van der Waals surface area (Å²) in [5, 5.41) is 14.2. The Morgan fingerprint density at radius 2 is 1.95 bits per heavy atom. The predicted octanol–water partition coefficient (Wildman–Crippen LogP) is 2.22. The van der Waals surface area contributed by atoms with Crippen molar-refractivity contribution >= 4 is 5.97 Å². The summed E-state index contributed by atoms with van der Waals surface area (Å²) in [6.45, 7) is 5.24. The number of hydrogen-bond acceptors (Lipinski definition) is 3. The van der Waals surface area contributed by atoms with Crippen LogP contribution in [0.1, 0.15) is 34.1 Å². The van der Waals surface area contributed by atoms with Crippen LogP contribution in [0, 0.1) is 13.8 Å². The van der Waals surface area contributed by atoms with E-state index in [9.17, 15) is 9.90 Å². The Balaban J connectivity index is 1.98. The van der Waals surface area contributed by atoms with Crippen molar-refractivity contribution in [2.75, 3.05) is 6.54 Å². The molecule has 1 aliphatic heterocycles. The van der Waals surface area contributed by atoms with Gasteiger partial charge in [0.2, 0.25) is 0 Å². The summed E-state index contributed by atoms with van der Waals surface area (Å²) in [7, 11) is 1.86. The molecule has 0 saturated carbocycles. The van der Waals surface area contributed by atoms with Gasteiger partial charge < -0.3 is 5.11 Å². The van der Waals surface area contributed by atoms with Gasteiger partial charge >= 0.3 is 5.97 Å². The number of benzene rings is 1. The lowest BCUT2D eigenvalue weighted by atomic mass is 9.95. The molecule has 0 saturated heterocycles. The van der Waals surface area contributed by atoms with Crippen molar-refractivity contribution in [3.05, 3.63) is 52.3 Å². The second kappa shape index (κ2) is 5.57. The molecular formula is C17H21N3O2. The number of carbonyl (C=O) groups is 1. The first kappa shape index (κ1) is 14.8. The van der Waals surface area contributed by atoms with Crippen LogP contribution in [0.2, 0.25) is 0 Å². The molecule has 22 heavy (non-hydrogen) atoms. The maximum atomic E-state index is 11.9. The molecule has 0 bridgehead atoms. The fraction of sp³-hybridized carbons (Fsp3) is 0.412. The first-order valence-electron chi connectivity index (χ1n) is 7.52. The Hall–Kier alpha value is -2.14. The molecule has 2 heterocycles. The first-order valence-corrected chi connectivity index (χ1v) is 7.52. The molecule has 5 heteroatoms. The minimum atomic E-state index is -0.807. The van der Waals surface area contributed by atoms with Gasteiger partial charge in [-0.1, -0.05) is 24.3 Å². The van der Waals surface area contributed by atoms with Crippen molar-refractivity contribution in [1.29, 1.82) is 0 Å². The minimum absolute atomic E-state index is 0.637. The van der Waals surface area contributed by atoms with Gasteiger partial charge in [-0.05, 0) is 31.4 Å². The summed E-state index contributed by atoms with van der Waals surface area (Å²) in [6, 6.07) is 7.63. The Morgan fingerprint density at radius 1 is 1.27 bits per heavy atom. The van der Waals surface area contributed by atoms with Crippen LogP contribution >= 0.6 is 0 Å². The molecule has 0 radical (unpaired) electrons. The van der Waals surface area contributed by atoms with Crippen LogP contribution in [0.4, 0.5) is 0 Å². The Labute approximate surface area is 130 Å². The molecule has 0 fully saturated rings. The van der Waals surface area contributed by atoms with Crippen LogP contribution in [0.5, 0.6) is 0 Å². The Bertz CT molecular complexity index is 721. The first-order chi connectivity index (χ1) is 10.5. The molecule has 116 valence electrons. The molecule has 1 atom stereocenters.